The molecule has 0 aromatic carbocycles. The van der Waals surface area contributed by atoms with Gasteiger partial charge in [-0.2, -0.15) is 0 Å². The molecule has 0 saturated heterocycles. The van der Waals surface area contributed by atoms with Gasteiger partial charge in [-0.15, -0.1) is 11.8 Å². The van der Waals surface area contributed by atoms with Gasteiger partial charge in [-0.05, 0) is 25.7 Å². The van der Waals surface area contributed by atoms with Crippen molar-refractivity contribution in [1.82, 2.24) is 0 Å². The lowest BCUT2D eigenvalue weighted by Gasteiger charge is -2.30. The van der Waals surface area contributed by atoms with Crippen molar-refractivity contribution >= 4 is 0 Å². The maximum Gasteiger partial charge on any atom is 0.248 e. The van der Waals surface area contributed by atoms with Crippen LogP contribution in [0.2, 0.25) is 0 Å². The third kappa shape index (κ3) is 3.26. The highest BCUT2D eigenvalue weighted by atomic mass is 19.3. The van der Waals surface area contributed by atoms with Crippen LogP contribution in [0.4, 0.5) is 8.78 Å². The van der Waals surface area contributed by atoms with E-state index in [4.69, 9.17) is 0 Å². The number of aliphatic hydroxyl groups is 1. The quantitative estimate of drug-likeness (QED) is 0.682. The molecule has 1 rings (SSSR count). The molecule has 1 aliphatic carbocycles. The van der Waals surface area contributed by atoms with Gasteiger partial charge in [0.2, 0.25) is 5.92 Å². The van der Waals surface area contributed by atoms with E-state index in [1.54, 1.807) is 6.92 Å². The fourth-order valence-corrected chi connectivity index (χ4v) is 1.82. The SMILES string of the molecule is CC#CCC(O)C1CCC(F)(F)CC1. The Bertz CT molecular complexity index is 229. The van der Waals surface area contributed by atoms with Crippen LogP contribution >= 0.6 is 0 Å². The number of halogens is 2. The molecule has 14 heavy (non-hydrogen) atoms. The maximum atomic E-state index is 12.8. The first-order valence-electron chi connectivity index (χ1n) is 5.00. The average Bonchev–Trinajstić information content (AvgIpc) is 2.14. The molecule has 0 aromatic rings. The number of aliphatic hydroxyl groups excluding tert-OH is 1. The van der Waals surface area contributed by atoms with Crippen molar-refractivity contribution in [2.24, 2.45) is 5.92 Å². The number of alkyl halides is 2. The molecule has 1 aliphatic rings. The van der Waals surface area contributed by atoms with Crippen molar-refractivity contribution in [3.05, 3.63) is 0 Å². The second-order valence-corrected chi connectivity index (χ2v) is 3.89. The second-order valence-electron chi connectivity index (χ2n) is 3.89. The van der Waals surface area contributed by atoms with Gasteiger partial charge in [0.15, 0.2) is 0 Å². The topological polar surface area (TPSA) is 20.2 Å². The minimum Gasteiger partial charge on any atom is -0.392 e. The standard InChI is InChI=1S/C11H16F2O/c1-2-3-4-10(14)9-5-7-11(12,13)8-6-9/h9-10,14H,4-8H2,1H3. The van der Waals surface area contributed by atoms with Crippen molar-refractivity contribution in [3.8, 4) is 11.8 Å². The zero-order valence-corrected chi connectivity index (χ0v) is 8.39. The highest BCUT2D eigenvalue weighted by Gasteiger charge is 2.36. The van der Waals surface area contributed by atoms with Crippen LogP contribution in [0.25, 0.3) is 0 Å². The van der Waals surface area contributed by atoms with Gasteiger partial charge < -0.3 is 5.11 Å². The molecule has 1 atom stereocenters. The Balaban J connectivity index is 2.36. The van der Waals surface area contributed by atoms with Crippen molar-refractivity contribution in [2.75, 3.05) is 0 Å². The highest BCUT2D eigenvalue weighted by molar-refractivity contribution is 4.98. The smallest absolute Gasteiger partial charge is 0.248 e. The molecule has 0 aromatic heterocycles. The summed E-state index contributed by atoms with van der Waals surface area (Å²) in [6.45, 7) is 1.71. The normalized spacial score (nSPS) is 23.7. The Morgan fingerprint density at radius 3 is 2.50 bits per heavy atom. The summed E-state index contributed by atoms with van der Waals surface area (Å²) in [7, 11) is 0. The van der Waals surface area contributed by atoms with Gasteiger partial charge in [-0.3, -0.25) is 0 Å². The summed E-state index contributed by atoms with van der Waals surface area (Å²) in [5, 5.41) is 9.63. The molecule has 80 valence electrons. The molecule has 0 amide bonds. The lowest BCUT2D eigenvalue weighted by atomic mass is 9.82. The zero-order chi connectivity index (χ0) is 10.6. The summed E-state index contributed by atoms with van der Waals surface area (Å²) in [6, 6.07) is 0. The summed E-state index contributed by atoms with van der Waals surface area (Å²) in [5.74, 6) is 2.98. The van der Waals surface area contributed by atoms with Crippen LogP contribution in [0.1, 0.15) is 39.0 Å². The zero-order valence-electron chi connectivity index (χ0n) is 8.39. The number of rotatable bonds is 2. The number of hydrogen-bond acceptors (Lipinski definition) is 1. The van der Waals surface area contributed by atoms with Crippen LogP contribution in [-0.4, -0.2) is 17.1 Å². The first-order valence-corrected chi connectivity index (χ1v) is 5.00. The summed E-state index contributed by atoms with van der Waals surface area (Å²) >= 11 is 0. The first kappa shape index (κ1) is 11.5. The molecule has 3 heteroatoms. The van der Waals surface area contributed by atoms with E-state index in [-0.39, 0.29) is 18.8 Å². The molecule has 0 radical (unpaired) electrons. The van der Waals surface area contributed by atoms with Crippen molar-refractivity contribution in [1.29, 1.82) is 0 Å². The van der Waals surface area contributed by atoms with Crippen LogP contribution in [-0.2, 0) is 0 Å². The van der Waals surface area contributed by atoms with E-state index in [0.29, 0.717) is 19.3 Å². The van der Waals surface area contributed by atoms with Gasteiger partial charge >= 0.3 is 0 Å². The van der Waals surface area contributed by atoms with Crippen molar-refractivity contribution in [2.45, 2.75) is 51.1 Å². The molecule has 0 spiro atoms. The fourth-order valence-electron chi connectivity index (χ4n) is 1.82. The first-order chi connectivity index (χ1) is 6.55. The van der Waals surface area contributed by atoms with Gasteiger partial charge in [0.05, 0.1) is 6.10 Å². The van der Waals surface area contributed by atoms with E-state index in [9.17, 15) is 13.9 Å². The largest absolute Gasteiger partial charge is 0.392 e. The molecule has 0 aliphatic heterocycles. The molecular weight excluding hydrogens is 186 g/mol. The van der Waals surface area contributed by atoms with Crippen LogP contribution in [0, 0.1) is 17.8 Å². The lowest BCUT2D eigenvalue weighted by Crippen LogP contribution is -2.30. The number of hydrogen-bond donors (Lipinski definition) is 1. The minimum absolute atomic E-state index is 0.00970. The van der Waals surface area contributed by atoms with Gasteiger partial charge in [0, 0.05) is 19.3 Å². The fraction of sp³-hybridized carbons (Fsp3) is 0.818. The Morgan fingerprint density at radius 1 is 1.43 bits per heavy atom. The van der Waals surface area contributed by atoms with Gasteiger partial charge in [0.1, 0.15) is 0 Å². The second kappa shape index (κ2) is 4.75. The molecule has 1 fully saturated rings. The lowest BCUT2D eigenvalue weighted by molar-refractivity contribution is -0.0614. The van der Waals surface area contributed by atoms with E-state index >= 15 is 0 Å². The monoisotopic (exact) mass is 202 g/mol. The third-order valence-corrected chi connectivity index (χ3v) is 2.79. The Kier molecular flexibility index (Phi) is 3.88. The Hall–Kier alpha value is -0.620. The maximum absolute atomic E-state index is 12.8. The molecule has 1 saturated carbocycles. The van der Waals surface area contributed by atoms with E-state index in [1.807, 2.05) is 0 Å². The average molecular weight is 202 g/mol. The predicted molar refractivity (Wildman–Crippen MR) is 51.0 cm³/mol. The van der Waals surface area contributed by atoms with E-state index < -0.39 is 12.0 Å². The highest BCUT2D eigenvalue weighted by Crippen LogP contribution is 2.37. The molecule has 1 unspecified atom stereocenters. The minimum atomic E-state index is -2.51. The van der Waals surface area contributed by atoms with E-state index in [0.717, 1.165) is 0 Å². The Morgan fingerprint density at radius 2 is 2.00 bits per heavy atom. The van der Waals surface area contributed by atoms with Crippen LogP contribution in [0.5, 0.6) is 0 Å². The molecule has 0 bridgehead atoms. The van der Waals surface area contributed by atoms with E-state index in [1.165, 1.54) is 0 Å². The molecule has 0 heterocycles. The van der Waals surface area contributed by atoms with Crippen molar-refractivity contribution in [3.63, 3.8) is 0 Å². The predicted octanol–water partition coefficient (Wildman–Crippen LogP) is 2.59. The summed E-state index contributed by atoms with van der Waals surface area (Å²) in [5.41, 5.74) is 0. The van der Waals surface area contributed by atoms with Crippen LogP contribution in [0.15, 0.2) is 0 Å². The van der Waals surface area contributed by atoms with Gasteiger partial charge in [-0.25, -0.2) is 8.78 Å². The summed E-state index contributed by atoms with van der Waals surface area (Å²) in [6.07, 6.45) is 0.535. The molecule has 1 N–H and O–H groups in total. The summed E-state index contributed by atoms with van der Waals surface area (Å²) in [4.78, 5) is 0. The molecule has 1 nitrogen and oxygen atoms in total. The van der Waals surface area contributed by atoms with Gasteiger partial charge in [0.25, 0.3) is 0 Å². The Labute approximate surface area is 83.5 Å². The van der Waals surface area contributed by atoms with Crippen LogP contribution < -0.4 is 0 Å². The van der Waals surface area contributed by atoms with E-state index in [2.05, 4.69) is 11.8 Å². The van der Waals surface area contributed by atoms with Gasteiger partial charge in [-0.1, -0.05) is 0 Å². The molecular formula is C11H16F2O. The third-order valence-electron chi connectivity index (χ3n) is 2.79. The van der Waals surface area contributed by atoms with Crippen molar-refractivity contribution < 1.29 is 13.9 Å². The van der Waals surface area contributed by atoms with Crippen LogP contribution in [0.3, 0.4) is 0 Å². The summed E-state index contributed by atoms with van der Waals surface area (Å²) < 4.78 is 25.6.